The van der Waals surface area contributed by atoms with E-state index in [2.05, 4.69) is 34.6 Å². The fourth-order valence-electron chi connectivity index (χ4n) is 4.17. The van der Waals surface area contributed by atoms with Crippen LogP contribution >= 0.6 is 0 Å². The van der Waals surface area contributed by atoms with Crippen molar-refractivity contribution in [3.05, 3.63) is 29.8 Å². The third kappa shape index (κ3) is 5.97. The number of rotatable bonds is 6. The van der Waals surface area contributed by atoms with Crippen LogP contribution in [0.2, 0.25) is 0 Å². The zero-order valence-electron chi connectivity index (χ0n) is 18.3. The molecule has 0 unspecified atom stereocenters. The molecule has 1 aromatic carbocycles. The minimum Gasteiger partial charge on any atom is -0.359 e. The summed E-state index contributed by atoms with van der Waals surface area (Å²) in [5, 5.41) is 6.12. The number of piperidine rings is 2. The maximum Gasteiger partial charge on any atom is 0.226 e. The highest BCUT2D eigenvalue weighted by Gasteiger charge is 2.23. The van der Waals surface area contributed by atoms with Gasteiger partial charge in [-0.3, -0.25) is 9.59 Å². The molecule has 0 saturated carbocycles. The lowest BCUT2D eigenvalue weighted by atomic mass is 9.93. The van der Waals surface area contributed by atoms with E-state index in [-0.39, 0.29) is 11.8 Å². The average molecular weight is 414 g/mol. The Morgan fingerprint density at radius 3 is 2.50 bits per heavy atom. The number of nitrogens with zero attached hydrogens (tertiary/aromatic N) is 3. The topological polar surface area (TPSA) is 77.0 Å². The number of likely N-dealkylation sites (tertiary alicyclic amines) is 1. The Bertz CT molecular complexity index is 738. The summed E-state index contributed by atoms with van der Waals surface area (Å²) in [4.78, 5) is 32.8. The first-order chi connectivity index (χ1) is 14.6. The molecular formula is C23H35N5O2. The lowest BCUT2D eigenvalue weighted by Crippen LogP contribution is -2.46. The molecule has 0 atom stereocenters. The number of carbonyl (C=O) groups excluding carboxylic acids is 2. The van der Waals surface area contributed by atoms with Crippen molar-refractivity contribution >= 4 is 23.5 Å². The number of benzene rings is 1. The van der Waals surface area contributed by atoms with E-state index in [1.165, 1.54) is 0 Å². The van der Waals surface area contributed by atoms with E-state index in [1.54, 1.807) is 7.05 Å². The third-order valence-corrected chi connectivity index (χ3v) is 5.98. The van der Waals surface area contributed by atoms with Crippen LogP contribution in [0.3, 0.4) is 0 Å². The second-order valence-corrected chi connectivity index (χ2v) is 8.15. The molecule has 1 aromatic rings. The maximum absolute atomic E-state index is 12.1. The van der Waals surface area contributed by atoms with Gasteiger partial charge in [-0.15, -0.1) is 0 Å². The van der Waals surface area contributed by atoms with Crippen molar-refractivity contribution in [3.63, 3.8) is 0 Å². The fraction of sp³-hybridized carbons (Fsp3) is 0.609. The Kier molecular flexibility index (Phi) is 8.11. The highest BCUT2D eigenvalue weighted by atomic mass is 16.2. The number of hydrogen-bond donors (Lipinski definition) is 2. The van der Waals surface area contributed by atoms with Crippen LogP contribution in [0.5, 0.6) is 0 Å². The molecule has 3 rings (SSSR count). The predicted molar refractivity (Wildman–Crippen MR) is 120 cm³/mol. The zero-order chi connectivity index (χ0) is 21.3. The van der Waals surface area contributed by atoms with Crippen molar-refractivity contribution in [2.45, 2.75) is 52.0 Å². The Balaban J connectivity index is 1.57. The SMILES string of the molecule is CCNC(=NCc1ccc(N2CCCCC2=O)cc1)N1CCC(CC(=O)NC)CC1. The number of guanidine groups is 1. The van der Waals surface area contributed by atoms with Crippen molar-refractivity contribution in [1.29, 1.82) is 0 Å². The van der Waals surface area contributed by atoms with E-state index in [0.717, 1.165) is 69.1 Å². The molecule has 2 aliphatic rings. The van der Waals surface area contributed by atoms with Gasteiger partial charge in [0, 0.05) is 51.8 Å². The Labute approximate surface area is 179 Å². The lowest BCUT2D eigenvalue weighted by Gasteiger charge is -2.34. The molecule has 2 aliphatic heterocycles. The number of carbonyl (C=O) groups is 2. The molecule has 2 heterocycles. The van der Waals surface area contributed by atoms with Gasteiger partial charge in [0.25, 0.3) is 0 Å². The molecule has 7 heteroatoms. The Morgan fingerprint density at radius 1 is 1.13 bits per heavy atom. The Morgan fingerprint density at radius 2 is 1.87 bits per heavy atom. The van der Waals surface area contributed by atoms with Gasteiger partial charge >= 0.3 is 0 Å². The third-order valence-electron chi connectivity index (χ3n) is 5.98. The molecule has 164 valence electrons. The van der Waals surface area contributed by atoms with Crippen molar-refractivity contribution in [3.8, 4) is 0 Å². The van der Waals surface area contributed by atoms with Crippen LogP contribution in [0.15, 0.2) is 29.3 Å². The van der Waals surface area contributed by atoms with Crippen LogP contribution in [0.25, 0.3) is 0 Å². The Hall–Kier alpha value is -2.57. The number of anilines is 1. The molecule has 0 aromatic heterocycles. The molecule has 0 bridgehead atoms. The standard InChI is InChI=1S/C23H35N5O2/c1-3-25-23(27-14-11-18(12-15-27)16-21(29)24-2)26-17-19-7-9-20(10-8-19)28-13-5-4-6-22(28)30/h7-10,18H,3-6,11-17H2,1-2H3,(H,24,29)(H,25,26). The molecule has 0 aliphatic carbocycles. The molecular weight excluding hydrogens is 378 g/mol. The van der Waals surface area contributed by atoms with Gasteiger partial charge in [-0.1, -0.05) is 12.1 Å². The first kappa shape index (κ1) is 22.1. The van der Waals surface area contributed by atoms with Crippen LogP contribution in [-0.2, 0) is 16.1 Å². The summed E-state index contributed by atoms with van der Waals surface area (Å²) in [6.45, 7) is 6.17. The van der Waals surface area contributed by atoms with Crippen molar-refractivity contribution in [1.82, 2.24) is 15.5 Å². The van der Waals surface area contributed by atoms with Crippen molar-refractivity contribution in [2.75, 3.05) is 38.1 Å². The monoisotopic (exact) mass is 413 g/mol. The summed E-state index contributed by atoms with van der Waals surface area (Å²) in [6.07, 6.45) is 5.36. The molecule has 0 spiro atoms. The van der Waals surface area contributed by atoms with E-state index in [4.69, 9.17) is 4.99 Å². The van der Waals surface area contributed by atoms with Crippen molar-refractivity contribution in [2.24, 2.45) is 10.9 Å². The van der Waals surface area contributed by atoms with Gasteiger partial charge in [-0.25, -0.2) is 4.99 Å². The van der Waals surface area contributed by atoms with E-state index >= 15 is 0 Å². The van der Waals surface area contributed by atoms with Gasteiger partial charge in [0.1, 0.15) is 0 Å². The number of hydrogen-bond acceptors (Lipinski definition) is 3. The molecule has 2 N–H and O–H groups in total. The highest BCUT2D eigenvalue weighted by molar-refractivity contribution is 5.94. The second kappa shape index (κ2) is 11.0. The van der Waals surface area contributed by atoms with E-state index in [1.807, 2.05) is 17.0 Å². The summed E-state index contributed by atoms with van der Waals surface area (Å²) in [7, 11) is 1.70. The fourth-order valence-corrected chi connectivity index (χ4v) is 4.17. The van der Waals surface area contributed by atoms with Gasteiger partial charge in [0.15, 0.2) is 5.96 Å². The summed E-state index contributed by atoms with van der Waals surface area (Å²) in [5.74, 6) is 1.74. The molecule has 7 nitrogen and oxygen atoms in total. The largest absolute Gasteiger partial charge is 0.359 e. The van der Waals surface area contributed by atoms with Crippen LogP contribution in [0.4, 0.5) is 5.69 Å². The van der Waals surface area contributed by atoms with Crippen LogP contribution in [-0.4, -0.2) is 55.9 Å². The van der Waals surface area contributed by atoms with E-state index in [0.29, 0.717) is 25.3 Å². The zero-order valence-corrected chi connectivity index (χ0v) is 18.3. The number of amides is 2. The molecule has 2 saturated heterocycles. The van der Waals surface area contributed by atoms with E-state index in [9.17, 15) is 9.59 Å². The first-order valence-electron chi connectivity index (χ1n) is 11.2. The first-order valence-corrected chi connectivity index (χ1v) is 11.2. The summed E-state index contributed by atoms with van der Waals surface area (Å²) >= 11 is 0. The van der Waals surface area contributed by atoms with Gasteiger partial charge < -0.3 is 20.4 Å². The van der Waals surface area contributed by atoms with Crippen LogP contribution in [0.1, 0.15) is 51.0 Å². The van der Waals surface area contributed by atoms with Gasteiger partial charge in [-0.2, -0.15) is 0 Å². The summed E-state index contributed by atoms with van der Waals surface area (Å²) in [6, 6.07) is 8.20. The number of aliphatic imine (C=N–C) groups is 1. The average Bonchev–Trinajstić information content (AvgIpc) is 2.78. The molecule has 2 amide bonds. The second-order valence-electron chi connectivity index (χ2n) is 8.15. The quantitative estimate of drug-likeness (QED) is 0.555. The van der Waals surface area contributed by atoms with Gasteiger partial charge in [0.2, 0.25) is 11.8 Å². The normalized spacial score (nSPS) is 18.5. The minimum atomic E-state index is 0.128. The lowest BCUT2D eigenvalue weighted by molar-refractivity contribution is -0.122. The highest BCUT2D eigenvalue weighted by Crippen LogP contribution is 2.22. The van der Waals surface area contributed by atoms with Crippen LogP contribution < -0.4 is 15.5 Å². The number of nitrogens with one attached hydrogen (secondary N) is 2. The molecule has 2 fully saturated rings. The van der Waals surface area contributed by atoms with Crippen LogP contribution in [0, 0.1) is 5.92 Å². The maximum atomic E-state index is 12.1. The van der Waals surface area contributed by atoms with Crippen molar-refractivity contribution < 1.29 is 9.59 Å². The summed E-state index contributed by atoms with van der Waals surface area (Å²) in [5.41, 5.74) is 2.12. The molecule has 30 heavy (non-hydrogen) atoms. The van der Waals surface area contributed by atoms with Gasteiger partial charge in [0.05, 0.1) is 6.54 Å². The molecule has 0 radical (unpaired) electrons. The predicted octanol–water partition coefficient (Wildman–Crippen LogP) is 2.52. The smallest absolute Gasteiger partial charge is 0.226 e. The van der Waals surface area contributed by atoms with Gasteiger partial charge in [-0.05, 0) is 56.2 Å². The summed E-state index contributed by atoms with van der Waals surface area (Å²) < 4.78 is 0. The van der Waals surface area contributed by atoms with E-state index < -0.39 is 0 Å². The minimum absolute atomic E-state index is 0.128.